The van der Waals surface area contributed by atoms with E-state index in [9.17, 15) is 15.3 Å². The number of rotatable bonds is 31. The molecule has 0 aromatic heterocycles. The molecule has 0 saturated carbocycles. The van der Waals surface area contributed by atoms with Gasteiger partial charge >= 0.3 is 0 Å². The van der Waals surface area contributed by atoms with Gasteiger partial charge in [0.05, 0.1) is 6.10 Å². The van der Waals surface area contributed by atoms with Gasteiger partial charge in [-0.25, -0.2) is 0 Å². The van der Waals surface area contributed by atoms with E-state index in [-0.39, 0.29) is 6.10 Å². The molecule has 0 aliphatic heterocycles. The van der Waals surface area contributed by atoms with Gasteiger partial charge in [-0.05, 0) is 95.6 Å². The van der Waals surface area contributed by atoms with Gasteiger partial charge in [0, 0.05) is 12.8 Å². The summed E-state index contributed by atoms with van der Waals surface area (Å²) in [6.45, 7) is 0. The van der Waals surface area contributed by atoms with Crippen molar-refractivity contribution < 1.29 is 15.3 Å². The van der Waals surface area contributed by atoms with Crippen LogP contribution in [-0.2, 0) is 0 Å². The molecule has 3 nitrogen and oxygen atoms in total. The molecule has 0 radical (unpaired) electrons. The molecule has 3 atom stereocenters. The number of hydrogen-bond acceptors (Lipinski definition) is 3. The van der Waals surface area contributed by atoms with E-state index in [1.54, 1.807) is 6.08 Å². The lowest BCUT2D eigenvalue weighted by Gasteiger charge is -2.04. The minimum Gasteiger partial charge on any atom is -0.389 e. The average molecular weight is 671 g/mol. The van der Waals surface area contributed by atoms with Gasteiger partial charge < -0.3 is 15.3 Å². The first kappa shape index (κ1) is 46.1. The molecule has 0 heterocycles. The molecule has 3 N–H and O–H groups in total. The van der Waals surface area contributed by atoms with Gasteiger partial charge in [-0.1, -0.05) is 149 Å². The predicted molar refractivity (Wildman–Crippen MR) is 212 cm³/mol. The van der Waals surface area contributed by atoms with Crippen molar-refractivity contribution in [1.82, 2.24) is 0 Å². The zero-order valence-corrected chi connectivity index (χ0v) is 30.9. The van der Waals surface area contributed by atoms with Crippen LogP contribution in [0.3, 0.4) is 0 Å². The van der Waals surface area contributed by atoms with Crippen LogP contribution in [0.15, 0.2) is 48.6 Å². The Balaban J connectivity index is 3.51. The van der Waals surface area contributed by atoms with Crippen LogP contribution in [0.2, 0.25) is 0 Å². The first-order valence-corrected chi connectivity index (χ1v) is 19.7. The van der Waals surface area contributed by atoms with Crippen LogP contribution >= 0.6 is 0 Å². The van der Waals surface area contributed by atoms with Gasteiger partial charge in [0.25, 0.3) is 0 Å². The number of terminal acetylenes is 2. The lowest BCUT2D eigenvalue weighted by molar-refractivity contribution is 0.208. The summed E-state index contributed by atoms with van der Waals surface area (Å²) < 4.78 is 0. The van der Waals surface area contributed by atoms with E-state index in [0.29, 0.717) is 0 Å². The van der Waals surface area contributed by atoms with Crippen molar-refractivity contribution in [3.05, 3.63) is 48.6 Å². The van der Waals surface area contributed by atoms with Crippen LogP contribution in [0, 0.1) is 48.4 Å². The maximum atomic E-state index is 10.2. The summed E-state index contributed by atoms with van der Waals surface area (Å²) in [5, 5.41) is 29.4. The molecule has 272 valence electrons. The zero-order valence-electron chi connectivity index (χ0n) is 30.9. The predicted octanol–water partition coefficient (Wildman–Crippen LogP) is 11.1. The molecule has 1 unspecified atom stereocenters. The zero-order chi connectivity index (χ0) is 35.7. The fourth-order valence-electron chi connectivity index (χ4n) is 5.43. The Hall–Kier alpha value is -2.92. The third-order valence-corrected chi connectivity index (χ3v) is 8.41. The van der Waals surface area contributed by atoms with Crippen LogP contribution in [-0.4, -0.2) is 33.6 Å². The molecule has 0 rings (SSSR count). The second-order valence-electron chi connectivity index (χ2n) is 13.1. The van der Waals surface area contributed by atoms with Crippen LogP contribution in [0.1, 0.15) is 173 Å². The maximum absolute atomic E-state index is 10.2. The highest BCUT2D eigenvalue weighted by Crippen LogP contribution is 2.13. The third-order valence-electron chi connectivity index (χ3n) is 8.41. The van der Waals surface area contributed by atoms with Gasteiger partial charge in [0.2, 0.25) is 0 Å². The van der Waals surface area contributed by atoms with E-state index in [1.165, 1.54) is 70.6 Å². The number of unbranched alkanes of at least 4 members (excludes halogenated alkanes) is 22. The smallest absolute Gasteiger partial charge is 0.176 e. The molecule has 3 heteroatoms. The van der Waals surface area contributed by atoms with Gasteiger partial charge in [-0.15, -0.1) is 12.8 Å². The van der Waals surface area contributed by atoms with Gasteiger partial charge in [-0.2, -0.15) is 0 Å². The van der Waals surface area contributed by atoms with Crippen molar-refractivity contribution in [3.63, 3.8) is 0 Å². The molecule has 0 aromatic rings. The van der Waals surface area contributed by atoms with Crippen molar-refractivity contribution in [2.24, 2.45) is 0 Å². The highest BCUT2D eigenvalue weighted by Gasteiger charge is 1.99. The second kappa shape index (κ2) is 39.5. The fraction of sp³-hybridized carbons (Fsp3) is 0.652. The van der Waals surface area contributed by atoms with Crippen molar-refractivity contribution in [1.29, 1.82) is 0 Å². The standard InChI is InChI=1S/C46H70O3/c1-3-5-6-7-8-9-10-11-12-13-14-15-16-19-25-30-35-40-45(48)41-36-31-26-20-17-18-21-27-32-37-42-46(49)43-38-33-28-23-22-24-29-34-39-44(47)4-2/h1-2,5-6,17,20,34-35,39-40,44-49H,7-16,18-19,21-33,36,41H2/b6-5?,20-17?,39-34+,40-35+/t44-,45?,46+/m1/s1. The van der Waals surface area contributed by atoms with Gasteiger partial charge in [0.15, 0.2) is 6.10 Å². The maximum Gasteiger partial charge on any atom is 0.176 e. The third kappa shape index (κ3) is 39.4. The summed E-state index contributed by atoms with van der Waals surface area (Å²) in [7, 11) is 0. The summed E-state index contributed by atoms with van der Waals surface area (Å²) in [5.41, 5.74) is 0. The topological polar surface area (TPSA) is 60.7 Å². The Bertz CT molecular complexity index is 1060. The van der Waals surface area contributed by atoms with Crippen LogP contribution in [0.5, 0.6) is 0 Å². The Labute approximate surface area is 303 Å². The second-order valence-corrected chi connectivity index (χ2v) is 13.1. The van der Waals surface area contributed by atoms with Crippen molar-refractivity contribution >= 4 is 0 Å². The molecule has 0 spiro atoms. The molecule has 0 aliphatic rings. The van der Waals surface area contributed by atoms with E-state index in [1.807, 2.05) is 18.2 Å². The lowest BCUT2D eigenvalue weighted by atomic mass is 10.0. The van der Waals surface area contributed by atoms with E-state index in [4.69, 9.17) is 12.8 Å². The van der Waals surface area contributed by atoms with Crippen molar-refractivity contribution in [2.45, 2.75) is 192 Å². The van der Waals surface area contributed by atoms with Crippen LogP contribution < -0.4 is 0 Å². The summed E-state index contributed by atoms with van der Waals surface area (Å²) >= 11 is 0. The molecule has 0 bridgehead atoms. The number of hydrogen-bond donors (Lipinski definition) is 3. The largest absolute Gasteiger partial charge is 0.389 e. The highest BCUT2D eigenvalue weighted by atomic mass is 16.3. The summed E-state index contributed by atoms with van der Waals surface area (Å²) in [5.74, 6) is 16.6. The quantitative estimate of drug-likeness (QED) is 0.0391. The van der Waals surface area contributed by atoms with E-state index in [2.05, 4.69) is 59.8 Å². The first-order chi connectivity index (χ1) is 24.1. The molecule has 0 fully saturated rings. The minimum atomic E-state index is -0.851. The molecule has 49 heavy (non-hydrogen) atoms. The normalized spacial score (nSPS) is 13.2. The molecular weight excluding hydrogens is 601 g/mol. The minimum absolute atomic E-state index is 0.306. The van der Waals surface area contributed by atoms with E-state index < -0.39 is 12.2 Å². The summed E-state index contributed by atoms with van der Waals surface area (Å²) in [6, 6.07) is 0. The van der Waals surface area contributed by atoms with Gasteiger partial charge in [-0.3, -0.25) is 0 Å². The number of aliphatic hydroxyl groups is 3. The Kier molecular flexibility index (Phi) is 37.2. The molecule has 0 amide bonds. The van der Waals surface area contributed by atoms with E-state index in [0.717, 1.165) is 103 Å². The number of allylic oxidation sites excluding steroid dienone is 6. The van der Waals surface area contributed by atoms with Crippen LogP contribution in [0.25, 0.3) is 0 Å². The monoisotopic (exact) mass is 671 g/mol. The molecule has 0 saturated heterocycles. The first-order valence-electron chi connectivity index (χ1n) is 19.7. The van der Waals surface area contributed by atoms with Crippen molar-refractivity contribution in [2.75, 3.05) is 0 Å². The highest BCUT2D eigenvalue weighted by molar-refractivity contribution is 5.19. The average Bonchev–Trinajstić information content (AvgIpc) is 3.10. The Morgan fingerprint density at radius 2 is 0.857 bits per heavy atom. The molecule has 0 aliphatic carbocycles. The summed E-state index contributed by atoms with van der Waals surface area (Å²) in [6.07, 6.45) is 55.6. The Morgan fingerprint density at radius 3 is 1.39 bits per heavy atom. The van der Waals surface area contributed by atoms with Crippen LogP contribution in [0.4, 0.5) is 0 Å². The Morgan fingerprint density at radius 1 is 0.449 bits per heavy atom. The molecule has 0 aromatic carbocycles. The van der Waals surface area contributed by atoms with Gasteiger partial charge in [0.1, 0.15) is 6.10 Å². The van der Waals surface area contributed by atoms with Crippen molar-refractivity contribution in [3.8, 4) is 48.4 Å². The fourth-order valence-corrected chi connectivity index (χ4v) is 5.43. The lowest BCUT2D eigenvalue weighted by Crippen LogP contribution is -2.01. The number of aliphatic hydroxyl groups excluding tert-OH is 3. The van der Waals surface area contributed by atoms with E-state index >= 15 is 0 Å². The summed E-state index contributed by atoms with van der Waals surface area (Å²) in [4.78, 5) is 0. The SMILES string of the molecule is C#CC=CCCCCCCCCCCCCC/C=C/C(O)CCCCC=CCCCCC#C[C@H](O)C#CCCCCCC/C=C/[C@H](O)C#C. The molecular formula is C46H70O3.